The van der Waals surface area contributed by atoms with Gasteiger partial charge in [-0.1, -0.05) is 44.9 Å². The summed E-state index contributed by atoms with van der Waals surface area (Å²) in [5.41, 5.74) is 0. The fourth-order valence-corrected chi connectivity index (χ4v) is 3.63. The Morgan fingerprint density at radius 2 is 1.96 bits per heavy atom. The summed E-state index contributed by atoms with van der Waals surface area (Å²) >= 11 is 1.40. The minimum absolute atomic E-state index is 0.0122. The Hall–Kier alpha value is -1.41. The molecule has 1 heterocycles. The van der Waals surface area contributed by atoms with Crippen LogP contribution in [0.4, 0.5) is 0 Å². The number of hydrogen-bond acceptors (Lipinski definition) is 7. The van der Waals surface area contributed by atoms with Gasteiger partial charge in [-0.2, -0.15) is 0 Å². The number of rotatable bonds is 9. The Kier molecular flexibility index (Phi) is 7.90. The molecule has 1 aliphatic rings. The molecule has 0 saturated heterocycles. The highest BCUT2D eigenvalue weighted by Crippen LogP contribution is 2.24. The van der Waals surface area contributed by atoms with E-state index in [1.165, 1.54) is 18.2 Å². The predicted molar refractivity (Wildman–Crippen MR) is 96.6 cm³/mol. The molecule has 2 rings (SSSR count). The second-order valence-electron chi connectivity index (χ2n) is 6.75. The van der Waals surface area contributed by atoms with Gasteiger partial charge >= 0.3 is 0 Å². The third kappa shape index (κ3) is 5.81. The third-order valence-electron chi connectivity index (χ3n) is 4.42. The molecule has 0 spiro atoms. The molecule has 1 aliphatic carbocycles. The van der Waals surface area contributed by atoms with E-state index in [2.05, 4.69) is 20.8 Å². The minimum atomic E-state index is -0.634. The number of carbonyl (C=O) groups is 2. The van der Waals surface area contributed by atoms with E-state index in [4.69, 9.17) is 4.42 Å². The summed E-state index contributed by atoms with van der Waals surface area (Å²) in [5, 5.41) is 14.1. The maximum atomic E-state index is 12.7. The monoisotopic (exact) mass is 368 g/mol. The Morgan fingerprint density at radius 3 is 2.60 bits per heavy atom. The van der Waals surface area contributed by atoms with Crippen molar-refractivity contribution in [1.82, 2.24) is 20.8 Å². The van der Waals surface area contributed by atoms with Crippen LogP contribution in [0.5, 0.6) is 0 Å². The first kappa shape index (κ1) is 19.9. The average molecular weight is 369 g/mol. The van der Waals surface area contributed by atoms with Crippen LogP contribution in [0.3, 0.4) is 0 Å². The van der Waals surface area contributed by atoms with Crippen molar-refractivity contribution in [3.63, 3.8) is 0 Å². The summed E-state index contributed by atoms with van der Waals surface area (Å²) in [4.78, 5) is 25.2. The summed E-state index contributed by atoms with van der Waals surface area (Å²) < 4.78 is 5.46. The molecule has 1 amide bonds. The van der Waals surface area contributed by atoms with Crippen LogP contribution in [0.15, 0.2) is 9.64 Å². The smallest absolute Gasteiger partial charge is 0.286 e. The summed E-state index contributed by atoms with van der Waals surface area (Å²) in [5.74, 6) is 0.361. The molecule has 8 heteroatoms. The van der Waals surface area contributed by atoms with Gasteiger partial charge in [-0.25, -0.2) is 0 Å². The Bertz CT molecular complexity index is 570. The van der Waals surface area contributed by atoms with Crippen molar-refractivity contribution in [3.8, 4) is 0 Å². The van der Waals surface area contributed by atoms with E-state index in [1.807, 2.05) is 20.9 Å². The van der Waals surface area contributed by atoms with Crippen LogP contribution in [0.1, 0.15) is 56.6 Å². The maximum absolute atomic E-state index is 12.7. The van der Waals surface area contributed by atoms with E-state index in [0.29, 0.717) is 5.22 Å². The summed E-state index contributed by atoms with van der Waals surface area (Å²) in [6.45, 7) is 4.62. The van der Waals surface area contributed by atoms with Gasteiger partial charge in [0.1, 0.15) is 0 Å². The topological polar surface area (TPSA) is 97.1 Å². The summed E-state index contributed by atoms with van der Waals surface area (Å²) in [7, 11) is 1.87. The lowest BCUT2D eigenvalue weighted by Crippen LogP contribution is -2.47. The van der Waals surface area contributed by atoms with Gasteiger partial charge in [0, 0.05) is 18.2 Å². The van der Waals surface area contributed by atoms with Crippen LogP contribution >= 0.6 is 11.8 Å². The second-order valence-corrected chi connectivity index (χ2v) is 7.80. The number of nitrogens with zero attached hydrogens (tertiary/aromatic N) is 2. The molecule has 25 heavy (non-hydrogen) atoms. The standard InChI is InChI=1S/C17H28N4O3S/c1-11(2)13(19-15(23)12-7-5-4-6-8-12)14(22)16-20-21-17(24-16)25-10-9-18-3/h11-13,18H,4-10H2,1-3H3,(H,19,23)/t13-/m0/s1. The van der Waals surface area contributed by atoms with Gasteiger partial charge in [0.25, 0.3) is 11.1 Å². The molecule has 7 nitrogen and oxygen atoms in total. The molecule has 1 fully saturated rings. The Labute approximate surface area is 153 Å². The van der Waals surface area contributed by atoms with Crippen LogP contribution in [0.25, 0.3) is 0 Å². The molecule has 2 N–H and O–H groups in total. The minimum Gasteiger partial charge on any atom is -0.408 e. The molecule has 0 bridgehead atoms. The first-order chi connectivity index (χ1) is 12.0. The van der Waals surface area contributed by atoms with E-state index in [1.54, 1.807) is 0 Å². The molecule has 140 valence electrons. The highest BCUT2D eigenvalue weighted by atomic mass is 32.2. The first-order valence-electron chi connectivity index (χ1n) is 8.98. The molecular weight excluding hydrogens is 340 g/mol. The predicted octanol–water partition coefficient (Wildman–Crippen LogP) is 2.28. The van der Waals surface area contributed by atoms with Crippen LogP contribution in [0.2, 0.25) is 0 Å². The lowest BCUT2D eigenvalue weighted by molar-refractivity contribution is -0.126. The average Bonchev–Trinajstić information content (AvgIpc) is 3.08. The van der Waals surface area contributed by atoms with Crippen LogP contribution < -0.4 is 10.6 Å². The third-order valence-corrected chi connectivity index (χ3v) is 5.24. The van der Waals surface area contributed by atoms with E-state index in [0.717, 1.165) is 38.0 Å². The zero-order valence-electron chi connectivity index (χ0n) is 15.2. The molecular formula is C17H28N4O3S. The molecule has 1 atom stereocenters. The van der Waals surface area contributed by atoms with Gasteiger partial charge in [0.05, 0.1) is 6.04 Å². The van der Waals surface area contributed by atoms with Gasteiger partial charge in [0.15, 0.2) is 0 Å². The molecule has 0 aliphatic heterocycles. The lowest BCUT2D eigenvalue weighted by Gasteiger charge is -2.25. The van der Waals surface area contributed by atoms with Gasteiger partial charge in [-0.05, 0) is 25.8 Å². The number of aromatic nitrogens is 2. The zero-order chi connectivity index (χ0) is 18.2. The summed E-state index contributed by atoms with van der Waals surface area (Å²) in [6, 6.07) is -0.634. The van der Waals surface area contributed by atoms with Crippen LogP contribution in [-0.2, 0) is 4.79 Å². The number of Topliss-reactive ketones (excluding diaryl/α,β-unsaturated/α-hetero) is 1. The largest absolute Gasteiger partial charge is 0.408 e. The van der Waals surface area contributed by atoms with Crippen molar-refractivity contribution in [1.29, 1.82) is 0 Å². The van der Waals surface area contributed by atoms with Crippen molar-refractivity contribution >= 4 is 23.5 Å². The summed E-state index contributed by atoms with van der Waals surface area (Å²) in [6.07, 6.45) is 5.14. The molecule has 1 saturated carbocycles. The highest BCUT2D eigenvalue weighted by molar-refractivity contribution is 7.99. The number of ketones is 1. The maximum Gasteiger partial charge on any atom is 0.286 e. The fraction of sp³-hybridized carbons (Fsp3) is 0.765. The van der Waals surface area contributed by atoms with E-state index in [9.17, 15) is 9.59 Å². The van der Waals surface area contributed by atoms with Crippen molar-refractivity contribution in [3.05, 3.63) is 5.89 Å². The quantitative estimate of drug-likeness (QED) is 0.392. The van der Waals surface area contributed by atoms with E-state index in [-0.39, 0.29) is 29.4 Å². The van der Waals surface area contributed by atoms with Crippen molar-refractivity contribution in [2.75, 3.05) is 19.3 Å². The molecule has 1 aromatic rings. The van der Waals surface area contributed by atoms with Gasteiger partial charge in [-0.15, -0.1) is 10.2 Å². The number of thioether (sulfide) groups is 1. The Morgan fingerprint density at radius 1 is 1.24 bits per heavy atom. The number of hydrogen-bond donors (Lipinski definition) is 2. The van der Waals surface area contributed by atoms with Crippen molar-refractivity contribution < 1.29 is 14.0 Å². The van der Waals surface area contributed by atoms with Crippen LogP contribution in [0, 0.1) is 11.8 Å². The van der Waals surface area contributed by atoms with Gasteiger partial charge in [0.2, 0.25) is 11.7 Å². The van der Waals surface area contributed by atoms with Crippen molar-refractivity contribution in [2.24, 2.45) is 11.8 Å². The fourth-order valence-electron chi connectivity index (χ4n) is 2.91. The highest BCUT2D eigenvalue weighted by Gasteiger charge is 2.32. The van der Waals surface area contributed by atoms with Gasteiger partial charge in [-0.3, -0.25) is 9.59 Å². The molecule has 0 unspecified atom stereocenters. The first-order valence-corrected chi connectivity index (χ1v) is 9.97. The second kappa shape index (κ2) is 9.91. The molecule has 1 aromatic heterocycles. The SMILES string of the molecule is CNCCSc1nnc(C(=O)[C@@H](NC(=O)C2CCCCC2)C(C)C)o1. The number of carbonyl (C=O) groups excluding carboxylic acids is 2. The van der Waals surface area contributed by atoms with Crippen molar-refractivity contribution in [2.45, 2.75) is 57.2 Å². The van der Waals surface area contributed by atoms with E-state index < -0.39 is 6.04 Å². The number of nitrogens with one attached hydrogen (secondary N) is 2. The van der Waals surface area contributed by atoms with Crippen LogP contribution in [-0.4, -0.2) is 47.3 Å². The van der Waals surface area contributed by atoms with Gasteiger partial charge < -0.3 is 15.1 Å². The molecule has 0 aromatic carbocycles. The van der Waals surface area contributed by atoms with E-state index >= 15 is 0 Å². The normalized spacial score (nSPS) is 16.8. The Balaban J connectivity index is 1.98. The number of amides is 1. The zero-order valence-corrected chi connectivity index (χ0v) is 16.0. The lowest BCUT2D eigenvalue weighted by atomic mass is 9.88. The molecule has 0 radical (unpaired) electrons.